The van der Waals surface area contributed by atoms with E-state index in [0.29, 0.717) is 0 Å². The lowest BCUT2D eigenvalue weighted by Crippen LogP contribution is -2.12. The first-order valence-corrected chi connectivity index (χ1v) is 4.86. The quantitative estimate of drug-likeness (QED) is 0.729. The summed E-state index contributed by atoms with van der Waals surface area (Å²) in [4.78, 5) is 2.05. The van der Waals surface area contributed by atoms with Crippen LogP contribution in [-0.2, 0) is 0 Å². The highest BCUT2D eigenvalue weighted by atomic mass is 15.1. The number of hydrogen-bond acceptors (Lipinski definition) is 2. The summed E-state index contributed by atoms with van der Waals surface area (Å²) in [7, 11) is 4.01. The molecular weight excluding hydrogens is 172 g/mol. The Bertz CT molecular complexity index is 336. The SMILES string of the molecule is CCC(C#N)c1ccccc1N(C)C. The van der Waals surface area contributed by atoms with E-state index in [-0.39, 0.29) is 5.92 Å². The lowest BCUT2D eigenvalue weighted by Gasteiger charge is -2.19. The molecule has 0 fully saturated rings. The zero-order chi connectivity index (χ0) is 10.6. The van der Waals surface area contributed by atoms with Crippen molar-refractivity contribution in [3.8, 4) is 6.07 Å². The zero-order valence-electron chi connectivity index (χ0n) is 8.99. The van der Waals surface area contributed by atoms with Crippen LogP contribution in [-0.4, -0.2) is 14.1 Å². The summed E-state index contributed by atoms with van der Waals surface area (Å²) in [6, 6.07) is 10.4. The van der Waals surface area contributed by atoms with E-state index < -0.39 is 0 Å². The maximum absolute atomic E-state index is 9.02. The third kappa shape index (κ3) is 2.05. The van der Waals surface area contributed by atoms with Crippen LogP contribution in [0.2, 0.25) is 0 Å². The minimum absolute atomic E-state index is 0.00796. The molecule has 0 aliphatic carbocycles. The van der Waals surface area contributed by atoms with Gasteiger partial charge in [-0.15, -0.1) is 0 Å². The van der Waals surface area contributed by atoms with Crippen LogP contribution in [0.4, 0.5) is 5.69 Å². The van der Waals surface area contributed by atoms with Gasteiger partial charge in [-0.3, -0.25) is 0 Å². The summed E-state index contributed by atoms with van der Waals surface area (Å²) in [6.45, 7) is 2.04. The van der Waals surface area contributed by atoms with Gasteiger partial charge in [0.05, 0.1) is 12.0 Å². The van der Waals surface area contributed by atoms with Crippen molar-refractivity contribution in [2.75, 3.05) is 19.0 Å². The van der Waals surface area contributed by atoms with Crippen molar-refractivity contribution in [1.29, 1.82) is 5.26 Å². The fourth-order valence-electron chi connectivity index (χ4n) is 1.57. The summed E-state index contributed by atoms with van der Waals surface area (Å²) in [5, 5.41) is 9.02. The Hall–Kier alpha value is -1.49. The molecule has 0 saturated heterocycles. The van der Waals surface area contributed by atoms with Gasteiger partial charge in [0.25, 0.3) is 0 Å². The molecule has 1 aromatic carbocycles. The van der Waals surface area contributed by atoms with Crippen LogP contribution < -0.4 is 4.90 Å². The Kier molecular flexibility index (Phi) is 3.53. The fraction of sp³-hybridized carbons (Fsp3) is 0.417. The van der Waals surface area contributed by atoms with Crippen LogP contribution in [0.5, 0.6) is 0 Å². The van der Waals surface area contributed by atoms with Crippen LogP contribution >= 0.6 is 0 Å². The summed E-state index contributed by atoms with van der Waals surface area (Å²) in [5.41, 5.74) is 2.27. The second kappa shape index (κ2) is 4.66. The topological polar surface area (TPSA) is 27.0 Å². The maximum atomic E-state index is 9.02. The molecule has 0 bridgehead atoms. The molecule has 0 saturated carbocycles. The second-order valence-corrected chi connectivity index (χ2v) is 3.54. The minimum Gasteiger partial charge on any atom is -0.377 e. The first kappa shape index (κ1) is 10.6. The van der Waals surface area contributed by atoms with Gasteiger partial charge in [-0.25, -0.2) is 0 Å². The smallest absolute Gasteiger partial charge is 0.0730 e. The third-order valence-electron chi connectivity index (χ3n) is 2.36. The number of rotatable bonds is 3. The number of nitrogens with zero attached hydrogens (tertiary/aromatic N) is 2. The molecular formula is C12H16N2. The van der Waals surface area contributed by atoms with E-state index in [2.05, 4.69) is 17.0 Å². The molecule has 0 heterocycles. The van der Waals surface area contributed by atoms with E-state index in [1.807, 2.05) is 39.2 Å². The molecule has 0 aromatic heterocycles. The van der Waals surface area contributed by atoms with E-state index in [0.717, 1.165) is 17.7 Å². The number of para-hydroxylation sites is 1. The van der Waals surface area contributed by atoms with E-state index in [1.54, 1.807) is 0 Å². The van der Waals surface area contributed by atoms with Gasteiger partial charge in [0.1, 0.15) is 0 Å². The van der Waals surface area contributed by atoms with Gasteiger partial charge in [0.15, 0.2) is 0 Å². The Morgan fingerprint density at radius 3 is 2.50 bits per heavy atom. The van der Waals surface area contributed by atoms with Gasteiger partial charge < -0.3 is 4.90 Å². The number of benzene rings is 1. The Morgan fingerprint density at radius 2 is 2.00 bits per heavy atom. The van der Waals surface area contributed by atoms with Crippen molar-refractivity contribution in [2.45, 2.75) is 19.3 Å². The van der Waals surface area contributed by atoms with Gasteiger partial charge in [0.2, 0.25) is 0 Å². The van der Waals surface area contributed by atoms with Gasteiger partial charge in [-0.2, -0.15) is 5.26 Å². The Labute approximate surface area is 85.8 Å². The van der Waals surface area contributed by atoms with E-state index in [4.69, 9.17) is 5.26 Å². The van der Waals surface area contributed by atoms with E-state index in [9.17, 15) is 0 Å². The highest BCUT2D eigenvalue weighted by Crippen LogP contribution is 2.27. The Balaban J connectivity index is 3.13. The van der Waals surface area contributed by atoms with Crippen molar-refractivity contribution < 1.29 is 0 Å². The molecule has 14 heavy (non-hydrogen) atoms. The second-order valence-electron chi connectivity index (χ2n) is 3.54. The molecule has 0 aliphatic rings. The lowest BCUT2D eigenvalue weighted by molar-refractivity contribution is 0.814. The monoisotopic (exact) mass is 188 g/mol. The van der Waals surface area contributed by atoms with E-state index >= 15 is 0 Å². The molecule has 0 amide bonds. The molecule has 1 aromatic rings. The largest absolute Gasteiger partial charge is 0.377 e. The molecule has 0 N–H and O–H groups in total. The maximum Gasteiger partial charge on any atom is 0.0730 e. The number of anilines is 1. The molecule has 2 heteroatoms. The lowest BCUT2D eigenvalue weighted by atomic mass is 9.96. The Morgan fingerprint density at radius 1 is 1.36 bits per heavy atom. The van der Waals surface area contributed by atoms with Crippen molar-refractivity contribution in [3.63, 3.8) is 0 Å². The van der Waals surface area contributed by atoms with Crippen LogP contribution in [0.25, 0.3) is 0 Å². The average Bonchev–Trinajstić information content (AvgIpc) is 2.20. The summed E-state index contributed by atoms with van der Waals surface area (Å²) < 4.78 is 0. The predicted molar refractivity (Wildman–Crippen MR) is 59.4 cm³/mol. The van der Waals surface area contributed by atoms with Crippen LogP contribution in [0.3, 0.4) is 0 Å². The zero-order valence-corrected chi connectivity index (χ0v) is 8.99. The van der Waals surface area contributed by atoms with Crippen LogP contribution in [0.15, 0.2) is 24.3 Å². The van der Waals surface area contributed by atoms with Crippen molar-refractivity contribution in [2.24, 2.45) is 0 Å². The van der Waals surface area contributed by atoms with Gasteiger partial charge in [-0.05, 0) is 18.1 Å². The third-order valence-corrected chi connectivity index (χ3v) is 2.36. The highest BCUT2D eigenvalue weighted by Gasteiger charge is 2.12. The minimum atomic E-state index is 0.00796. The number of nitriles is 1. The van der Waals surface area contributed by atoms with Crippen LogP contribution in [0, 0.1) is 11.3 Å². The normalized spacial score (nSPS) is 11.9. The molecule has 2 nitrogen and oxygen atoms in total. The van der Waals surface area contributed by atoms with Gasteiger partial charge in [-0.1, -0.05) is 25.1 Å². The fourth-order valence-corrected chi connectivity index (χ4v) is 1.57. The molecule has 74 valence electrons. The molecule has 1 atom stereocenters. The van der Waals surface area contributed by atoms with Crippen molar-refractivity contribution in [1.82, 2.24) is 0 Å². The number of hydrogen-bond donors (Lipinski definition) is 0. The average molecular weight is 188 g/mol. The van der Waals surface area contributed by atoms with Crippen LogP contribution in [0.1, 0.15) is 24.8 Å². The van der Waals surface area contributed by atoms with Crippen molar-refractivity contribution in [3.05, 3.63) is 29.8 Å². The first-order chi connectivity index (χ1) is 6.70. The van der Waals surface area contributed by atoms with Gasteiger partial charge >= 0.3 is 0 Å². The van der Waals surface area contributed by atoms with Crippen molar-refractivity contribution >= 4 is 5.69 Å². The summed E-state index contributed by atoms with van der Waals surface area (Å²) in [5.74, 6) is 0.00796. The molecule has 0 radical (unpaired) electrons. The molecule has 1 rings (SSSR count). The molecule has 0 aliphatic heterocycles. The highest BCUT2D eigenvalue weighted by molar-refractivity contribution is 5.55. The predicted octanol–water partition coefficient (Wildman–Crippen LogP) is 2.77. The van der Waals surface area contributed by atoms with Gasteiger partial charge in [0, 0.05) is 19.8 Å². The summed E-state index contributed by atoms with van der Waals surface area (Å²) >= 11 is 0. The first-order valence-electron chi connectivity index (χ1n) is 4.86. The summed E-state index contributed by atoms with van der Waals surface area (Å²) in [6.07, 6.45) is 0.862. The molecule has 1 unspecified atom stereocenters. The standard InChI is InChI=1S/C12H16N2/c1-4-10(9-13)11-7-5-6-8-12(11)14(2)3/h5-8,10H,4H2,1-3H3. The molecule has 0 spiro atoms. The van der Waals surface area contributed by atoms with E-state index in [1.165, 1.54) is 0 Å².